The van der Waals surface area contributed by atoms with Gasteiger partial charge in [0.25, 0.3) is 5.91 Å². The van der Waals surface area contributed by atoms with Crippen LogP contribution in [-0.2, 0) is 14.8 Å². The van der Waals surface area contributed by atoms with Crippen molar-refractivity contribution >= 4 is 27.5 Å². The second-order valence-corrected chi connectivity index (χ2v) is 10.3. The van der Waals surface area contributed by atoms with E-state index in [0.29, 0.717) is 30.6 Å². The molecule has 2 N–H and O–H groups in total. The van der Waals surface area contributed by atoms with Crippen LogP contribution in [0.25, 0.3) is 0 Å². The molecular weight excluding hydrogens is 426 g/mol. The second kappa shape index (κ2) is 10.3. The number of hydrogen-bond acceptors (Lipinski definition) is 4. The zero-order chi connectivity index (χ0) is 23.3. The van der Waals surface area contributed by atoms with Crippen molar-refractivity contribution < 1.29 is 18.0 Å². The van der Waals surface area contributed by atoms with Crippen LogP contribution in [0.5, 0.6) is 0 Å². The van der Waals surface area contributed by atoms with E-state index in [-0.39, 0.29) is 29.3 Å². The SMILES string of the molecule is CC[C@H](C)NC(=O)c1ccccc1NC(=O)[C@H]1CCCN(S(=O)(=O)c2ccc(C)cc2)C1. The Labute approximate surface area is 190 Å². The fourth-order valence-electron chi connectivity index (χ4n) is 3.66. The van der Waals surface area contributed by atoms with Gasteiger partial charge in [-0.3, -0.25) is 9.59 Å². The van der Waals surface area contributed by atoms with Crippen LogP contribution in [0.1, 0.15) is 49.0 Å². The van der Waals surface area contributed by atoms with Crippen molar-refractivity contribution in [3.8, 4) is 0 Å². The quantitative estimate of drug-likeness (QED) is 0.665. The molecule has 172 valence electrons. The van der Waals surface area contributed by atoms with Crippen molar-refractivity contribution in [2.24, 2.45) is 5.92 Å². The Bertz CT molecular complexity index is 1070. The maximum Gasteiger partial charge on any atom is 0.253 e. The molecule has 1 aliphatic heterocycles. The molecule has 0 spiro atoms. The van der Waals surface area contributed by atoms with Crippen LogP contribution in [-0.4, -0.2) is 43.7 Å². The van der Waals surface area contributed by atoms with E-state index in [1.807, 2.05) is 20.8 Å². The number of piperidine rings is 1. The van der Waals surface area contributed by atoms with Crippen molar-refractivity contribution in [3.63, 3.8) is 0 Å². The van der Waals surface area contributed by atoms with Gasteiger partial charge < -0.3 is 10.6 Å². The van der Waals surface area contributed by atoms with Gasteiger partial charge in [0.15, 0.2) is 0 Å². The van der Waals surface area contributed by atoms with Gasteiger partial charge in [0, 0.05) is 19.1 Å². The number of para-hydroxylation sites is 1. The smallest absolute Gasteiger partial charge is 0.253 e. The number of amides is 2. The summed E-state index contributed by atoms with van der Waals surface area (Å²) in [6, 6.07) is 13.6. The molecule has 0 saturated carbocycles. The number of benzene rings is 2. The topological polar surface area (TPSA) is 95.6 Å². The third-order valence-electron chi connectivity index (χ3n) is 5.83. The van der Waals surface area contributed by atoms with Gasteiger partial charge in [0.05, 0.1) is 22.1 Å². The molecule has 8 heteroatoms. The lowest BCUT2D eigenvalue weighted by Gasteiger charge is -2.31. The van der Waals surface area contributed by atoms with Crippen molar-refractivity contribution in [1.29, 1.82) is 0 Å². The zero-order valence-corrected chi connectivity index (χ0v) is 19.6. The first-order chi connectivity index (χ1) is 15.2. The van der Waals surface area contributed by atoms with E-state index in [1.165, 1.54) is 4.31 Å². The molecule has 2 aromatic rings. The normalized spacial score (nSPS) is 18.0. The van der Waals surface area contributed by atoms with Crippen molar-refractivity contribution in [2.45, 2.75) is 51.0 Å². The number of carbonyl (C=O) groups excluding carboxylic acids is 2. The fraction of sp³-hybridized carbons (Fsp3) is 0.417. The van der Waals surface area contributed by atoms with Crippen LogP contribution >= 0.6 is 0 Å². The molecule has 32 heavy (non-hydrogen) atoms. The second-order valence-electron chi connectivity index (χ2n) is 8.33. The molecule has 0 bridgehead atoms. The van der Waals surface area contributed by atoms with Gasteiger partial charge in [-0.2, -0.15) is 4.31 Å². The van der Waals surface area contributed by atoms with Gasteiger partial charge in [-0.25, -0.2) is 8.42 Å². The molecule has 1 fully saturated rings. The molecule has 1 aliphatic rings. The van der Waals surface area contributed by atoms with E-state index in [9.17, 15) is 18.0 Å². The summed E-state index contributed by atoms with van der Waals surface area (Å²) in [4.78, 5) is 25.8. The van der Waals surface area contributed by atoms with E-state index < -0.39 is 15.9 Å². The van der Waals surface area contributed by atoms with E-state index in [0.717, 1.165) is 12.0 Å². The summed E-state index contributed by atoms with van der Waals surface area (Å²) in [5, 5.41) is 5.76. The molecule has 7 nitrogen and oxygen atoms in total. The number of nitrogens with zero attached hydrogens (tertiary/aromatic N) is 1. The minimum absolute atomic E-state index is 0.0186. The lowest BCUT2D eigenvalue weighted by molar-refractivity contribution is -0.120. The highest BCUT2D eigenvalue weighted by Crippen LogP contribution is 2.26. The van der Waals surface area contributed by atoms with E-state index in [1.54, 1.807) is 48.5 Å². The minimum atomic E-state index is -3.67. The first-order valence-electron chi connectivity index (χ1n) is 11.0. The van der Waals surface area contributed by atoms with Crippen LogP contribution < -0.4 is 10.6 Å². The molecule has 1 saturated heterocycles. The summed E-state index contributed by atoms with van der Waals surface area (Å²) in [5.41, 5.74) is 1.80. The number of hydrogen-bond donors (Lipinski definition) is 2. The number of carbonyl (C=O) groups is 2. The molecule has 1 heterocycles. The van der Waals surface area contributed by atoms with Gasteiger partial charge in [-0.1, -0.05) is 36.8 Å². The van der Waals surface area contributed by atoms with Crippen molar-refractivity contribution in [2.75, 3.05) is 18.4 Å². The average Bonchev–Trinajstić information content (AvgIpc) is 2.79. The van der Waals surface area contributed by atoms with Crippen LogP contribution in [0.4, 0.5) is 5.69 Å². The highest BCUT2D eigenvalue weighted by molar-refractivity contribution is 7.89. The Balaban J connectivity index is 1.73. The summed E-state index contributed by atoms with van der Waals surface area (Å²) >= 11 is 0. The molecule has 2 amide bonds. The summed E-state index contributed by atoms with van der Waals surface area (Å²) in [5.74, 6) is -1.02. The molecule has 0 unspecified atom stereocenters. The Kier molecular flexibility index (Phi) is 7.69. The summed E-state index contributed by atoms with van der Waals surface area (Å²) in [6.45, 7) is 6.30. The number of aryl methyl sites for hydroxylation is 1. The monoisotopic (exact) mass is 457 g/mol. The number of anilines is 1. The Morgan fingerprint density at radius 3 is 2.50 bits per heavy atom. The molecule has 0 aromatic heterocycles. The fourth-order valence-corrected chi connectivity index (χ4v) is 5.19. The summed E-state index contributed by atoms with van der Waals surface area (Å²) in [7, 11) is -3.67. The first kappa shape index (κ1) is 23.9. The van der Waals surface area contributed by atoms with Crippen LogP contribution in [0, 0.1) is 12.8 Å². The van der Waals surface area contributed by atoms with E-state index >= 15 is 0 Å². The summed E-state index contributed by atoms with van der Waals surface area (Å²) < 4.78 is 27.5. The van der Waals surface area contributed by atoms with Crippen molar-refractivity contribution in [3.05, 3.63) is 59.7 Å². The van der Waals surface area contributed by atoms with Crippen LogP contribution in [0.15, 0.2) is 53.4 Å². The number of rotatable bonds is 7. The standard InChI is InChI=1S/C24H31N3O4S/c1-4-18(3)25-24(29)21-9-5-6-10-22(21)26-23(28)19-8-7-15-27(16-19)32(30,31)20-13-11-17(2)12-14-20/h5-6,9-14,18-19H,4,7-8,15-16H2,1-3H3,(H,25,29)(H,26,28)/t18-,19-/m0/s1. The highest BCUT2D eigenvalue weighted by atomic mass is 32.2. The number of sulfonamides is 1. The lowest BCUT2D eigenvalue weighted by atomic mass is 9.98. The molecular formula is C24H31N3O4S. The Morgan fingerprint density at radius 2 is 1.81 bits per heavy atom. The predicted octanol–water partition coefficient (Wildman–Crippen LogP) is 3.56. The van der Waals surface area contributed by atoms with Gasteiger partial charge in [0.2, 0.25) is 15.9 Å². The van der Waals surface area contributed by atoms with E-state index in [4.69, 9.17) is 0 Å². The minimum Gasteiger partial charge on any atom is -0.350 e. The summed E-state index contributed by atoms with van der Waals surface area (Å²) in [6.07, 6.45) is 1.99. The molecule has 2 atom stereocenters. The number of nitrogens with one attached hydrogen (secondary N) is 2. The molecule has 2 aromatic carbocycles. The van der Waals surface area contributed by atoms with Crippen LogP contribution in [0.2, 0.25) is 0 Å². The zero-order valence-electron chi connectivity index (χ0n) is 18.8. The third-order valence-corrected chi connectivity index (χ3v) is 7.71. The molecule has 0 aliphatic carbocycles. The van der Waals surface area contributed by atoms with Crippen LogP contribution in [0.3, 0.4) is 0 Å². The third kappa shape index (κ3) is 5.55. The van der Waals surface area contributed by atoms with Gasteiger partial charge in [-0.15, -0.1) is 0 Å². The van der Waals surface area contributed by atoms with Gasteiger partial charge >= 0.3 is 0 Å². The maximum atomic E-state index is 13.0. The Hall–Kier alpha value is -2.71. The molecule has 0 radical (unpaired) electrons. The lowest BCUT2D eigenvalue weighted by Crippen LogP contribution is -2.43. The van der Waals surface area contributed by atoms with E-state index in [2.05, 4.69) is 10.6 Å². The van der Waals surface area contributed by atoms with Gasteiger partial charge in [-0.05, 0) is 57.4 Å². The largest absolute Gasteiger partial charge is 0.350 e. The average molecular weight is 458 g/mol. The maximum absolute atomic E-state index is 13.0. The highest BCUT2D eigenvalue weighted by Gasteiger charge is 2.33. The molecule has 3 rings (SSSR count). The predicted molar refractivity (Wildman–Crippen MR) is 125 cm³/mol. The Morgan fingerprint density at radius 1 is 1.12 bits per heavy atom. The van der Waals surface area contributed by atoms with Gasteiger partial charge in [0.1, 0.15) is 0 Å². The van der Waals surface area contributed by atoms with Crippen molar-refractivity contribution in [1.82, 2.24) is 9.62 Å². The first-order valence-corrected chi connectivity index (χ1v) is 12.4.